The number of allylic oxidation sites excluding steroid dienone is 5. The number of rotatable bonds is 6. The fourth-order valence-corrected chi connectivity index (χ4v) is 1.56. The number of carbonyl (C=O) groups excluding carboxylic acids is 2. The second kappa shape index (κ2) is 11.7. The van der Waals surface area contributed by atoms with Crippen LogP contribution in [0.4, 0.5) is 8.78 Å². The molecule has 0 aliphatic carbocycles. The van der Waals surface area contributed by atoms with E-state index in [2.05, 4.69) is 11.9 Å². The van der Waals surface area contributed by atoms with Crippen LogP contribution in [0, 0.1) is 5.92 Å². The molecule has 1 unspecified atom stereocenters. The topological polar surface area (TPSA) is 46.2 Å². The van der Waals surface area contributed by atoms with Gasteiger partial charge in [-0.05, 0) is 19.4 Å². The zero-order valence-electron chi connectivity index (χ0n) is 15.0. The Morgan fingerprint density at radius 3 is 2.04 bits per heavy atom. The van der Waals surface area contributed by atoms with Crippen LogP contribution in [-0.2, 0) is 9.59 Å². The molecule has 0 rings (SSSR count). The van der Waals surface area contributed by atoms with Crippen molar-refractivity contribution in [3.63, 3.8) is 0 Å². The van der Waals surface area contributed by atoms with Crippen molar-refractivity contribution in [2.45, 2.75) is 60.3 Å². The van der Waals surface area contributed by atoms with E-state index in [1.54, 1.807) is 39.0 Å². The molecule has 0 radical (unpaired) electrons. The third-order valence-corrected chi connectivity index (χ3v) is 3.14. The molecule has 0 aromatic rings. The summed E-state index contributed by atoms with van der Waals surface area (Å²) in [6.07, 6.45) is 5.44. The quantitative estimate of drug-likeness (QED) is 0.692. The van der Waals surface area contributed by atoms with Crippen LogP contribution in [-0.4, -0.2) is 17.7 Å². The highest BCUT2D eigenvalue weighted by molar-refractivity contribution is 5.93. The predicted octanol–water partition coefficient (Wildman–Crippen LogP) is 5.05. The smallest absolute Gasteiger partial charge is 0.254 e. The highest BCUT2D eigenvalue weighted by Crippen LogP contribution is 2.33. The van der Waals surface area contributed by atoms with Gasteiger partial charge >= 0.3 is 0 Å². The summed E-state index contributed by atoms with van der Waals surface area (Å²) in [5.74, 6) is -3.90. The summed E-state index contributed by atoms with van der Waals surface area (Å²) in [6, 6.07) is 0. The van der Waals surface area contributed by atoms with E-state index in [4.69, 9.17) is 0 Å². The SMILES string of the molecule is C=C(C)/C=C\C(=C/C)C(C)C(F)(F)CC.CCC(=O)NC(C)=O.[HH]. The normalized spacial score (nSPS) is 13.1. The zero-order chi connectivity index (χ0) is 18.6. The lowest BCUT2D eigenvalue weighted by Gasteiger charge is -2.23. The lowest BCUT2D eigenvalue weighted by atomic mass is 9.92. The van der Waals surface area contributed by atoms with Gasteiger partial charge in [0, 0.05) is 27.1 Å². The molecule has 0 heterocycles. The van der Waals surface area contributed by atoms with Crippen molar-refractivity contribution in [2.75, 3.05) is 0 Å². The molecule has 0 saturated heterocycles. The lowest BCUT2D eigenvalue weighted by Crippen LogP contribution is -2.26. The van der Waals surface area contributed by atoms with Crippen molar-refractivity contribution >= 4 is 11.8 Å². The van der Waals surface area contributed by atoms with E-state index >= 15 is 0 Å². The van der Waals surface area contributed by atoms with Crippen LogP contribution in [0.3, 0.4) is 0 Å². The van der Waals surface area contributed by atoms with Crippen molar-refractivity contribution in [1.29, 1.82) is 0 Å². The molecule has 0 aliphatic rings. The Morgan fingerprint density at radius 1 is 1.26 bits per heavy atom. The van der Waals surface area contributed by atoms with Gasteiger partial charge in [-0.2, -0.15) is 0 Å². The van der Waals surface area contributed by atoms with Gasteiger partial charge in [0.05, 0.1) is 0 Å². The molecule has 1 N–H and O–H groups in total. The van der Waals surface area contributed by atoms with Crippen LogP contribution in [0.25, 0.3) is 0 Å². The summed E-state index contributed by atoms with van der Waals surface area (Å²) in [5, 5.41) is 2.11. The van der Waals surface area contributed by atoms with Gasteiger partial charge in [-0.15, -0.1) is 0 Å². The van der Waals surface area contributed by atoms with Crippen LogP contribution >= 0.6 is 0 Å². The van der Waals surface area contributed by atoms with Gasteiger partial charge in [0.1, 0.15) is 0 Å². The Kier molecular flexibility index (Phi) is 12.0. The Bertz CT molecular complexity index is 472. The van der Waals surface area contributed by atoms with Crippen LogP contribution < -0.4 is 5.32 Å². The minimum Gasteiger partial charge on any atom is -0.297 e. The number of amides is 2. The molecule has 0 aromatic carbocycles. The maximum atomic E-state index is 13.4. The van der Waals surface area contributed by atoms with Crippen molar-refractivity contribution < 1.29 is 19.8 Å². The second-order valence-electron chi connectivity index (χ2n) is 5.26. The molecule has 5 heteroatoms. The number of alkyl halides is 2. The molecule has 2 amide bonds. The summed E-state index contributed by atoms with van der Waals surface area (Å²) < 4.78 is 26.8. The summed E-state index contributed by atoms with van der Waals surface area (Å²) in [6.45, 7) is 13.4. The summed E-state index contributed by atoms with van der Waals surface area (Å²) in [4.78, 5) is 20.4. The summed E-state index contributed by atoms with van der Waals surface area (Å²) in [5.41, 5.74) is 1.52. The largest absolute Gasteiger partial charge is 0.297 e. The second-order valence-corrected chi connectivity index (χ2v) is 5.26. The summed E-state index contributed by atoms with van der Waals surface area (Å²) >= 11 is 0. The molecule has 3 nitrogen and oxygen atoms in total. The fraction of sp³-hybridized carbons (Fsp3) is 0.556. The van der Waals surface area contributed by atoms with Crippen molar-refractivity contribution in [3.05, 3.63) is 36.0 Å². The average molecular weight is 331 g/mol. The Balaban J connectivity index is -0.000000419. The van der Waals surface area contributed by atoms with E-state index in [1.165, 1.54) is 13.8 Å². The third-order valence-electron chi connectivity index (χ3n) is 3.14. The highest BCUT2D eigenvalue weighted by atomic mass is 19.3. The number of halogens is 2. The van der Waals surface area contributed by atoms with Crippen molar-refractivity contribution in [3.8, 4) is 0 Å². The Hall–Kier alpha value is -1.78. The standard InChI is InChI=1S/C13H20F2.C5H9NO2.H2/c1-6-12(9-8-10(3)4)11(5)13(14,15)7-2;1-3-5(8)6-4(2)7;/h6,8-9,11H,3,7H2,1-2,4-5H3;3H2,1-2H3,(H,6,7,8);1H/b9-8-,12-6+;;. The van der Waals surface area contributed by atoms with Crippen LogP contribution in [0.15, 0.2) is 36.0 Å². The van der Waals surface area contributed by atoms with Crippen LogP contribution in [0.1, 0.15) is 55.8 Å². The molecule has 1 atom stereocenters. The van der Waals surface area contributed by atoms with Gasteiger partial charge in [0.25, 0.3) is 5.92 Å². The van der Waals surface area contributed by atoms with Crippen molar-refractivity contribution in [2.24, 2.45) is 5.92 Å². The number of hydrogen-bond donors (Lipinski definition) is 1. The first-order chi connectivity index (χ1) is 10.5. The fourth-order valence-electron chi connectivity index (χ4n) is 1.56. The molecule has 0 saturated carbocycles. The molecule has 0 bridgehead atoms. The van der Waals surface area contributed by atoms with Crippen molar-refractivity contribution in [1.82, 2.24) is 5.32 Å². The van der Waals surface area contributed by atoms with Gasteiger partial charge in [0.15, 0.2) is 0 Å². The van der Waals surface area contributed by atoms with E-state index < -0.39 is 11.8 Å². The number of nitrogens with one attached hydrogen (secondary N) is 1. The predicted molar refractivity (Wildman–Crippen MR) is 93.3 cm³/mol. The van der Waals surface area contributed by atoms with Crippen LogP contribution in [0.5, 0.6) is 0 Å². The first-order valence-electron chi connectivity index (χ1n) is 7.69. The molecular weight excluding hydrogens is 300 g/mol. The van der Waals surface area contributed by atoms with Gasteiger partial charge < -0.3 is 0 Å². The molecular formula is C18H31F2NO2. The maximum absolute atomic E-state index is 13.4. The average Bonchev–Trinajstić information content (AvgIpc) is 2.47. The first-order valence-corrected chi connectivity index (χ1v) is 7.69. The molecule has 23 heavy (non-hydrogen) atoms. The molecule has 0 aliphatic heterocycles. The minimum absolute atomic E-state index is 0. The van der Waals surface area contributed by atoms with Crippen LogP contribution in [0.2, 0.25) is 0 Å². The number of hydrogen-bond acceptors (Lipinski definition) is 2. The molecule has 0 spiro atoms. The van der Waals surface area contributed by atoms with E-state index in [0.717, 1.165) is 5.57 Å². The lowest BCUT2D eigenvalue weighted by molar-refractivity contribution is -0.129. The molecule has 0 fully saturated rings. The zero-order valence-corrected chi connectivity index (χ0v) is 15.0. The number of imide groups is 1. The van der Waals surface area contributed by atoms with Gasteiger partial charge in [-0.1, -0.05) is 51.2 Å². The van der Waals surface area contributed by atoms with Gasteiger partial charge in [-0.3, -0.25) is 14.9 Å². The van der Waals surface area contributed by atoms with E-state index in [-0.39, 0.29) is 19.7 Å². The monoisotopic (exact) mass is 331 g/mol. The Labute approximate surface area is 140 Å². The minimum atomic E-state index is -2.64. The van der Waals surface area contributed by atoms with E-state index in [1.807, 2.05) is 6.92 Å². The maximum Gasteiger partial charge on any atom is 0.254 e. The number of carbonyl (C=O) groups is 2. The molecule has 0 aromatic heterocycles. The molecule has 134 valence electrons. The first kappa shape index (κ1) is 23.5. The highest BCUT2D eigenvalue weighted by Gasteiger charge is 2.35. The van der Waals surface area contributed by atoms with Gasteiger partial charge in [-0.25, -0.2) is 8.78 Å². The third kappa shape index (κ3) is 11.4. The van der Waals surface area contributed by atoms with E-state index in [9.17, 15) is 18.4 Å². The van der Waals surface area contributed by atoms with E-state index in [0.29, 0.717) is 12.0 Å². The summed E-state index contributed by atoms with van der Waals surface area (Å²) in [7, 11) is 0. The van der Waals surface area contributed by atoms with Gasteiger partial charge in [0.2, 0.25) is 11.8 Å². The Morgan fingerprint density at radius 2 is 1.78 bits per heavy atom.